The van der Waals surface area contributed by atoms with Gasteiger partial charge in [-0.15, -0.1) is 0 Å². The van der Waals surface area contributed by atoms with Crippen molar-refractivity contribution < 1.29 is 19.4 Å². The third kappa shape index (κ3) is 3.27. The highest BCUT2D eigenvalue weighted by Crippen LogP contribution is 2.77. The van der Waals surface area contributed by atoms with Crippen LogP contribution in [0.15, 0.2) is 12.2 Å². The minimum Gasteiger partial charge on any atom is -0.465 e. The Morgan fingerprint density at radius 1 is 0.917 bits per heavy atom. The van der Waals surface area contributed by atoms with Crippen molar-refractivity contribution in [2.45, 2.75) is 112 Å². The van der Waals surface area contributed by atoms with Gasteiger partial charge < -0.3 is 14.6 Å². The van der Waals surface area contributed by atoms with Crippen molar-refractivity contribution in [3.8, 4) is 0 Å². The molecule has 0 bridgehead atoms. The number of aliphatic hydroxyl groups excluding tert-OH is 1. The van der Waals surface area contributed by atoms with Gasteiger partial charge in [0.25, 0.3) is 0 Å². The van der Waals surface area contributed by atoms with E-state index in [1.54, 1.807) is 0 Å². The van der Waals surface area contributed by atoms with Gasteiger partial charge in [0.05, 0.1) is 12.7 Å². The summed E-state index contributed by atoms with van der Waals surface area (Å²) in [6.07, 6.45) is 11.7. The van der Waals surface area contributed by atoms with E-state index in [0.717, 1.165) is 51.4 Å². The second kappa shape index (κ2) is 8.42. The van der Waals surface area contributed by atoms with E-state index in [4.69, 9.17) is 4.74 Å². The number of hydrogen-bond donors (Lipinski definition) is 1. The van der Waals surface area contributed by atoms with E-state index < -0.39 is 11.5 Å². The van der Waals surface area contributed by atoms with Gasteiger partial charge in [0.1, 0.15) is 6.29 Å². The maximum Gasteiger partial charge on any atom is 0.302 e. The van der Waals surface area contributed by atoms with Crippen molar-refractivity contribution in [2.24, 2.45) is 56.7 Å². The van der Waals surface area contributed by atoms with Crippen LogP contribution in [0, 0.1) is 56.7 Å². The summed E-state index contributed by atoms with van der Waals surface area (Å²) in [7, 11) is 0. The molecule has 5 aliphatic carbocycles. The van der Waals surface area contributed by atoms with Gasteiger partial charge in [-0.05, 0) is 117 Å². The predicted octanol–water partition coefficient (Wildman–Crippen LogP) is 6.75. The van der Waals surface area contributed by atoms with Gasteiger partial charge in [-0.25, -0.2) is 0 Å². The number of ether oxygens (including phenoxy) is 1. The molecule has 0 amide bonds. The summed E-state index contributed by atoms with van der Waals surface area (Å²) in [6, 6.07) is 0. The van der Waals surface area contributed by atoms with Crippen molar-refractivity contribution in [3.63, 3.8) is 0 Å². The predicted molar refractivity (Wildman–Crippen MR) is 142 cm³/mol. The number of esters is 1. The first-order valence-corrected chi connectivity index (χ1v) is 14.7. The molecule has 4 heteroatoms. The zero-order valence-corrected chi connectivity index (χ0v) is 23.7. The quantitative estimate of drug-likeness (QED) is 0.265. The lowest BCUT2D eigenvalue weighted by Gasteiger charge is -2.72. The summed E-state index contributed by atoms with van der Waals surface area (Å²) in [5.74, 6) is 2.17. The summed E-state index contributed by atoms with van der Waals surface area (Å²) in [5.41, 5.74) is 1.28. The third-order valence-corrected chi connectivity index (χ3v) is 13.7. The Hall–Kier alpha value is -1.16. The first kappa shape index (κ1) is 26.4. The van der Waals surface area contributed by atoms with Crippen molar-refractivity contribution in [2.75, 3.05) is 6.61 Å². The van der Waals surface area contributed by atoms with Crippen LogP contribution in [0.1, 0.15) is 106 Å². The average Bonchev–Trinajstić information content (AvgIpc) is 3.21. The Kier molecular flexibility index (Phi) is 6.18. The van der Waals surface area contributed by atoms with Crippen LogP contribution in [0.3, 0.4) is 0 Å². The number of allylic oxidation sites excluding steroid dienone is 1. The Labute approximate surface area is 219 Å². The average molecular weight is 499 g/mol. The summed E-state index contributed by atoms with van der Waals surface area (Å²) in [6.45, 7) is 18.2. The smallest absolute Gasteiger partial charge is 0.302 e. The number of rotatable bonds is 4. The van der Waals surface area contributed by atoms with Crippen LogP contribution in [0.25, 0.3) is 0 Å². The fourth-order valence-electron chi connectivity index (χ4n) is 11.7. The molecule has 0 radical (unpaired) electrons. The molecule has 0 aromatic carbocycles. The number of carbonyl (C=O) groups excluding carboxylic acids is 2. The van der Waals surface area contributed by atoms with Crippen LogP contribution in [0.5, 0.6) is 0 Å². The SMILES string of the molecule is C=C(C)[C@@H]1CC[C@]2(C=O)CC[C@]3(C)C(CCC4[C@@]5(C)CC[C@H](O)[C@@](C)(COC(C)=O)C5CC[C@]43C)C12. The van der Waals surface area contributed by atoms with Crippen LogP contribution < -0.4 is 0 Å². The van der Waals surface area contributed by atoms with Crippen LogP contribution in [0.2, 0.25) is 0 Å². The first-order chi connectivity index (χ1) is 16.8. The summed E-state index contributed by atoms with van der Waals surface area (Å²) in [5, 5.41) is 11.2. The molecule has 0 aromatic rings. The molecule has 0 saturated heterocycles. The summed E-state index contributed by atoms with van der Waals surface area (Å²) >= 11 is 0. The molecule has 0 spiro atoms. The maximum atomic E-state index is 12.6. The number of aldehydes is 1. The molecule has 5 rings (SSSR count). The molecule has 1 N–H and O–H groups in total. The second-order valence-electron chi connectivity index (χ2n) is 14.9. The molecule has 0 aromatic heterocycles. The van der Waals surface area contributed by atoms with E-state index in [1.165, 1.54) is 31.6 Å². The van der Waals surface area contributed by atoms with Crippen LogP contribution >= 0.6 is 0 Å². The van der Waals surface area contributed by atoms with E-state index in [-0.39, 0.29) is 27.6 Å². The van der Waals surface area contributed by atoms with Crippen molar-refractivity contribution >= 4 is 12.3 Å². The highest BCUT2D eigenvalue weighted by molar-refractivity contribution is 5.66. The molecule has 5 aliphatic rings. The summed E-state index contributed by atoms with van der Waals surface area (Å²) < 4.78 is 5.58. The fourth-order valence-corrected chi connectivity index (χ4v) is 11.7. The maximum absolute atomic E-state index is 12.6. The highest BCUT2D eigenvalue weighted by Gasteiger charge is 2.71. The molecule has 0 aliphatic heterocycles. The molecular weight excluding hydrogens is 448 g/mol. The Balaban J connectivity index is 1.52. The minimum absolute atomic E-state index is 0.123. The van der Waals surface area contributed by atoms with Crippen molar-refractivity contribution in [3.05, 3.63) is 12.2 Å². The number of carbonyl (C=O) groups is 2. The number of fused-ring (bicyclic) bond motifs is 7. The zero-order chi connectivity index (χ0) is 26.3. The van der Waals surface area contributed by atoms with Crippen LogP contribution in [-0.2, 0) is 14.3 Å². The molecule has 5 fully saturated rings. The summed E-state index contributed by atoms with van der Waals surface area (Å²) in [4.78, 5) is 24.4. The molecule has 0 heterocycles. The standard InChI is InChI=1S/C32H50O4/c1-20(2)22-10-15-32(18-33)17-16-30(6)23(27(22)32)8-9-25-28(4)13-12-26(35)29(5,19-36-21(3)34)24(28)11-14-31(25,30)7/h18,22-27,35H,1,8-17,19H2,2-7H3/t22-,23?,24?,25?,26-,27?,28-,29-,30+,31+,32+/m0/s1. The number of aliphatic hydroxyl groups is 1. The van der Waals surface area contributed by atoms with Crippen LogP contribution in [-0.4, -0.2) is 30.1 Å². The van der Waals surface area contributed by atoms with Gasteiger partial charge in [0.2, 0.25) is 0 Å². The van der Waals surface area contributed by atoms with E-state index in [9.17, 15) is 14.7 Å². The molecule has 202 valence electrons. The van der Waals surface area contributed by atoms with Crippen LogP contribution in [0.4, 0.5) is 0 Å². The van der Waals surface area contributed by atoms with Gasteiger partial charge >= 0.3 is 5.97 Å². The Morgan fingerprint density at radius 3 is 2.28 bits per heavy atom. The van der Waals surface area contributed by atoms with Gasteiger partial charge in [-0.3, -0.25) is 4.79 Å². The molecular formula is C32H50O4. The lowest BCUT2D eigenvalue weighted by atomic mass is 9.32. The Bertz CT molecular complexity index is 942. The van der Waals surface area contributed by atoms with E-state index in [0.29, 0.717) is 36.2 Å². The third-order valence-electron chi connectivity index (χ3n) is 13.7. The molecule has 4 unspecified atom stereocenters. The normalized spacial score (nSPS) is 53.9. The van der Waals surface area contributed by atoms with E-state index in [1.807, 2.05) is 0 Å². The number of hydrogen-bond acceptors (Lipinski definition) is 4. The monoisotopic (exact) mass is 498 g/mol. The minimum atomic E-state index is -0.427. The lowest BCUT2D eigenvalue weighted by Crippen LogP contribution is -2.67. The topological polar surface area (TPSA) is 63.6 Å². The van der Waals surface area contributed by atoms with Gasteiger partial charge in [0, 0.05) is 17.8 Å². The molecule has 11 atom stereocenters. The largest absolute Gasteiger partial charge is 0.465 e. The first-order valence-electron chi connectivity index (χ1n) is 14.7. The molecule has 36 heavy (non-hydrogen) atoms. The zero-order valence-electron chi connectivity index (χ0n) is 23.7. The van der Waals surface area contributed by atoms with Gasteiger partial charge in [-0.1, -0.05) is 39.8 Å². The molecule has 5 saturated carbocycles. The second-order valence-corrected chi connectivity index (χ2v) is 14.9. The lowest BCUT2D eigenvalue weighted by molar-refractivity contribution is -0.253. The Morgan fingerprint density at radius 2 is 1.64 bits per heavy atom. The van der Waals surface area contributed by atoms with Crippen molar-refractivity contribution in [1.82, 2.24) is 0 Å². The van der Waals surface area contributed by atoms with Gasteiger partial charge in [-0.2, -0.15) is 0 Å². The molecule has 4 nitrogen and oxygen atoms in total. The van der Waals surface area contributed by atoms with E-state index >= 15 is 0 Å². The van der Waals surface area contributed by atoms with E-state index in [2.05, 4.69) is 41.2 Å². The van der Waals surface area contributed by atoms with Crippen molar-refractivity contribution in [1.29, 1.82) is 0 Å². The fraction of sp³-hybridized carbons (Fsp3) is 0.875. The highest BCUT2D eigenvalue weighted by atomic mass is 16.5. The van der Waals surface area contributed by atoms with Gasteiger partial charge in [0.15, 0.2) is 0 Å².